The second kappa shape index (κ2) is 9.11. The summed E-state index contributed by atoms with van der Waals surface area (Å²) in [6.45, 7) is 2.59. The Labute approximate surface area is 176 Å². The molecule has 1 unspecified atom stereocenters. The van der Waals surface area contributed by atoms with Crippen LogP contribution in [0.2, 0.25) is 5.02 Å². The van der Waals surface area contributed by atoms with Gasteiger partial charge in [0.15, 0.2) is 9.84 Å². The fourth-order valence-corrected chi connectivity index (χ4v) is 5.23. The number of sulfone groups is 1. The zero-order valence-corrected chi connectivity index (χ0v) is 18.3. The molecule has 0 spiro atoms. The predicted molar refractivity (Wildman–Crippen MR) is 111 cm³/mol. The van der Waals surface area contributed by atoms with E-state index in [1.807, 2.05) is 18.2 Å². The third kappa shape index (κ3) is 5.78. The topological polar surface area (TPSA) is 92.8 Å². The van der Waals surface area contributed by atoms with Crippen LogP contribution in [0.4, 0.5) is 0 Å². The summed E-state index contributed by atoms with van der Waals surface area (Å²) in [5.41, 5.74) is 0.895. The maximum Gasteiger partial charge on any atom is 0.240 e. The van der Waals surface area contributed by atoms with E-state index in [4.69, 9.17) is 16.3 Å². The molecule has 1 fully saturated rings. The maximum absolute atomic E-state index is 12.8. The molecule has 0 aliphatic carbocycles. The molecular weight excluding hydrogens is 436 g/mol. The van der Waals surface area contributed by atoms with Gasteiger partial charge in [0.05, 0.1) is 23.0 Å². The molecule has 2 aromatic rings. The lowest BCUT2D eigenvalue weighted by Crippen LogP contribution is -2.43. The van der Waals surface area contributed by atoms with Crippen LogP contribution in [0.5, 0.6) is 0 Å². The molecule has 0 bridgehead atoms. The first-order valence-electron chi connectivity index (χ1n) is 9.04. The second-order valence-electron chi connectivity index (χ2n) is 6.82. The number of nitrogens with one attached hydrogen (secondary N) is 1. The van der Waals surface area contributed by atoms with Crippen LogP contribution in [0, 0.1) is 0 Å². The molecule has 0 amide bonds. The Morgan fingerprint density at radius 2 is 1.69 bits per heavy atom. The lowest BCUT2D eigenvalue weighted by molar-refractivity contribution is 0.0172. The van der Waals surface area contributed by atoms with E-state index in [-0.39, 0.29) is 22.4 Å². The number of nitrogens with zero attached hydrogens (tertiary/aromatic N) is 1. The van der Waals surface area contributed by atoms with Crippen molar-refractivity contribution in [2.75, 3.05) is 39.1 Å². The summed E-state index contributed by atoms with van der Waals surface area (Å²) >= 11 is 6.14. The zero-order chi connectivity index (χ0) is 21.1. The van der Waals surface area contributed by atoms with Gasteiger partial charge in [-0.15, -0.1) is 0 Å². The molecule has 1 heterocycles. The number of hydrogen-bond donors (Lipinski definition) is 1. The van der Waals surface area contributed by atoms with Crippen LogP contribution < -0.4 is 4.72 Å². The van der Waals surface area contributed by atoms with Crippen LogP contribution in [-0.4, -0.2) is 60.8 Å². The molecule has 1 atom stereocenters. The predicted octanol–water partition coefficient (Wildman–Crippen LogP) is 2.10. The third-order valence-corrected chi connectivity index (χ3v) is 7.50. The van der Waals surface area contributed by atoms with Crippen molar-refractivity contribution in [3.63, 3.8) is 0 Å². The van der Waals surface area contributed by atoms with Crippen molar-refractivity contribution in [3.05, 3.63) is 59.1 Å². The highest BCUT2D eigenvalue weighted by molar-refractivity contribution is 7.91. The number of ether oxygens (including phenoxy) is 1. The summed E-state index contributed by atoms with van der Waals surface area (Å²) in [6, 6.07) is 12.4. The summed E-state index contributed by atoms with van der Waals surface area (Å²) in [5.74, 6) is 0. The van der Waals surface area contributed by atoms with Gasteiger partial charge < -0.3 is 4.74 Å². The number of hydrogen-bond acceptors (Lipinski definition) is 6. The van der Waals surface area contributed by atoms with Crippen molar-refractivity contribution in [1.82, 2.24) is 9.62 Å². The van der Waals surface area contributed by atoms with Gasteiger partial charge in [-0.25, -0.2) is 21.6 Å². The maximum atomic E-state index is 12.8. The first-order chi connectivity index (χ1) is 13.7. The van der Waals surface area contributed by atoms with Crippen LogP contribution >= 0.6 is 11.6 Å². The number of halogens is 1. The van der Waals surface area contributed by atoms with Gasteiger partial charge in [-0.05, 0) is 35.9 Å². The molecule has 1 aliphatic rings. The minimum Gasteiger partial charge on any atom is -0.379 e. The third-order valence-electron chi connectivity index (χ3n) is 4.73. The van der Waals surface area contributed by atoms with E-state index in [2.05, 4.69) is 9.62 Å². The van der Waals surface area contributed by atoms with Gasteiger partial charge in [-0.2, -0.15) is 0 Å². The van der Waals surface area contributed by atoms with Crippen molar-refractivity contribution in [2.45, 2.75) is 15.8 Å². The van der Waals surface area contributed by atoms with E-state index in [0.717, 1.165) is 11.8 Å². The van der Waals surface area contributed by atoms with Gasteiger partial charge in [0.2, 0.25) is 10.0 Å². The Morgan fingerprint density at radius 3 is 2.34 bits per heavy atom. The molecule has 7 nitrogen and oxygen atoms in total. The van der Waals surface area contributed by atoms with Crippen molar-refractivity contribution in [3.8, 4) is 0 Å². The van der Waals surface area contributed by atoms with Crippen molar-refractivity contribution in [2.24, 2.45) is 0 Å². The fourth-order valence-electron chi connectivity index (χ4n) is 3.20. The van der Waals surface area contributed by atoms with E-state index in [0.29, 0.717) is 31.3 Å². The molecule has 0 saturated carbocycles. The van der Waals surface area contributed by atoms with Crippen molar-refractivity contribution >= 4 is 31.5 Å². The van der Waals surface area contributed by atoms with Crippen molar-refractivity contribution in [1.29, 1.82) is 0 Å². The number of rotatable bonds is 7. The number of sulfonamides is 1. The van der Waals surface area contributed by atoms with Crippen molar-refractivity contribution < 1.29 is 21.6 Å². The first-order valence-corrected chi connectivity index (χ1v) is 12.8. The number of benzene rings is 2. The summed E-state index contributed by atoms with van der Waals surface area (Å²) in [6.07, 6.45) is 1.04. The molecule has 1 aliphatic heterocycles. The van der Waals surface area contributed by atoms with Crippen LogP contribution in [0.25, 0.3) is 0 Å². The van der Waals surface area contributed by atoms with Crippen LogP contribution in [0.1, 0.15) is 11.6 Å². The highest BCUT2D eigenvalue weighted by Gasteiger charge is 2.25. The Hall–Kier alpha value is -1.49. The molecule has 0 aromatic heterocycles. The van der Waals surface area contributed by atoms with E-state index < -0.39 is 19.9 Å². The van der Waals surface area contributed by atoms with Gasteiger partial charge in [0, 0.05) is 37.0 Å². The van der Waals surface area contributed by atoms with Crippen LogP contribution in [0.15, 0.2) is 58.3 Å². The Kier molecular flexibility index (Phi) is 6.98. The number of morpholine rings is 1. The van der Waals surface area contributed by atoms with Gasteiger partial charge in [0.1, 0.15) is 0 Å². The fraction of sp³-hybridized carbons (Fsp3) is 0.368. The summed E-state index contributed by atoms with van der Waals surface area (Å²) in [4.78, 5) is 2.01. The minimum atomic E-state index is -3.90. The molecule has 1 N–H and O–H groups in total. The average Bonchev–Trinajstić information content (AvgIpc) is 2.68. The minimum absolute atomic E-state index is 0.0417. The van der Waals surface area contributed by atoms with Gasteiger partial charge >= 0.3 is 0 Å². The van der Waals surface area contributed by atoms with Gasteiger partial charge in [-0.1, -0.05) is 29.8 Å². The molecule has 158 valence electrons. The quantitative estimate of drug-likeness (QED) is 0.683. The largest absolute Gasteiger partial charge is 0.379 e. The lowest BCUT2D eigenvalue weighted by Gasteiger charge is -2.35. The molecule has 10 heteroatoms. The lowest BCUT2D eigenvalue weighted by atomic mass is 10.1. The van der Waals surface area contributed by atoms with Gasteiger partial charge in [0.25, 0.3) is 0 Å². The SMILES string of the molecule is CS(=O)(=O)c1cccc(S(=O)(=O)NCC(c2cccc(Cl)c2)N2CCOCC2)c1. The molecule has 2 aromatic carbocycles. The van der Waals surface area contributed by atoms with Crippen LogP contribution in [0.3, 0.4) is 0 Å². The Morgan fingerprint density at radius 1 is 1.03 bits per heavy atom. The second-order valence-corrected chi connectivity index (χ2v) is 11.0. The van der Waals surface area contributed by atoms with E-state index >= 15 is 0 Å². The van der Waals surface area contributed by atoms with E-state index in [1.165, 1.54) is 24.3 Å². The standard InChI is InChI=1S/C19H23ClN2O5S2/c1-28(23,24)17-6-3-7-18(13-17)29(25,26)21-14-19(22-8-10-27-11-9-22)15-4-2-5-16(20)12-15/h2-7,12-13,19,21H,8-11,14H2,1H3. The highest BCUT2D eigenvalue weighted by atomic mass is 35.5. The molecule has 29 heavy (non-hydrogen) atoms. The zero-order valence-electron chi connectivity index (χ0n) is 15.9. The summed E-state index contributed by atoms with van der Waals surface area (Å²) in [7, 11) is -7.41. The molecule has 1 saturated heterocycles. The van der Waals surface area contributed by atoms with E-state index in [9.17, 15) is 16.8 Å². The first kappa shape index (κ1) is 22.2. The Balaban J connectivity index is 1.84. The smallest absolute Gasteiger partial charge is 0.240 e. The monoisotopic (exact) mass is 458 g/mol. The normalized spacial score (nSPS) is 17.2. The van der Waals surface area contributed by atoms with Gasteiger partial charge in [-0.3, -0.25) is 4.90 Å². The average molecular weight is 459 g/mol. The van der Waals surface area contributed by atoms with Crippen LogP contribution in [-0.2, 0) is 24.6 Å². The Bertz CT molecular complexity index is 1070. The van der Waals surface area contributed by atoms with E-state index in [1.54, 1.807) is 6.07 Å². The summed E-state index contributed by atoms with van der Waals surface area (Å²) in [5, 5.41) is 0.574. The molecule has 3 rings (SSSR count). The molecular formula is C19H23ClN2O5S2. The summed E-state index contributed by atoms with van der Waals surface area (Å²) < 4.78 is 57.2. The highest BCUT2D eigenvalue weighted by Crippen LogP contribution is 2.25. The molecule has 0 radical (unpaired) electrons.